The van der Waals surface area contributed by atoms with Gasteiger partial charge in [-0.2, -0.15) is 0 Å². The molecule has 0 aliphatic heterocycles. The Kier molecular flexibility index (Phi) is 8.56. The minimum Gasteiger partial charge on any atom is -0.311 e. The maximum Gasteiger partial charge on any atom is 0.0462 e. The van der Waals surface area contributed by atoms with Crippen LogP contribution in [0.5, 0.6) is 0 Å². The zero-order valence-corrected chi connectivity index (χ0v) is 32.5. The van der Waals surface area contributed by atoms with Gasteiger partial charge in [0.15, 0.2) is 0 Å². The van der Waals surface area contributed by atoms with E-state index in [4.69, 9.17) is 0 Å². The van der Waals surface area contributed by atoms with Gasteiger partial charge in [-0.25, -0.2) is 0 Å². The van der Waals surface area contributed by atoms with Crippen molar-refractivity contribution in [3.8, 4) is 44.5 Å². The summed E-state index contributed by atoms with van der Waals surface area (Å²) in [5.41, 5.74) is 13.2. The molecule has 0 aliphatic carbocycles. The summed E-state index contributed by atoms with van der Waals surface area (Å²) in [7, 11) is 0. The Morgan fingerprint density at radius 2 is 0.610 bits per heavy atom. The van der Waals surface area contributed by atoms with E-state index in [1.54, 1.807) is 0 Å². The molecule has 0 atom stereocenters. The SMILES string of the molecule is c1ccc(-c2ccc3cccc(-c4ccc5c(ccc6cc(-c7ccc8cc(-c9ccc(N(c%10ccccc%10)c%10ccccc%10)cc9)ccc8c7)ccc65)c4)c3c2)cc1. The Bertz CT molecular complexity index is 3260. The Balaban J connectivity index is 0.872. The highest BCUT2D eigenvalue weighted by Gasteiger charge is 2.13. The Morgan fingerprint density at radius 3 is 1.22 bits per heavy atom. The van der Waals surface area contributed by atoms with Gasteiger partial charge in [-0.15, -0.1) is 0 Å². The first-order valence-electron chi connectivity index (χ1n) is 20.3. The van der Waals surface area contributed by atoms with Gasteiger partial charge in [-0.05, 0) is 154 Å². The van der Waals surface area contributed by atoms with Crippen LogP contribution in [0.15, 0.2) is 237 Å². The molecule has 0 radical (unpaired) electrons. The normalized spacial score (nSPS) is 11.4. The molecule has 0 unspecified atom stereocenters. The number of para-hydroxylation sites is 2. The summed E-state index contributed by atoms with van der Waals surface area (Å²) in [6, 6.07) is 86.1. The van der Waals surface area contributed by atoms with E-state index in [1.165, 1.54) is 87.6 Å². The van der Waals surface area contributed by atoms with Crippen LogP contribution < -0.4 is 4.90 Å². The molecule has 59 heavy (non-hydrogen) atoms. The van der Waals surface area contributed by atoms with E-state index < -0.39 is 0 Å². The molecule has 1 nitrogen and oxygen atoms in total. The van der Waals surface area contributed by atoms with Crippen LogP contribution in [-0.2, 0) is 0 Å². The molecule has 0 saturated carbocycles. The zero-order valence-electron chi connectivity index (χ0n) is 32.5. The summed E-state index contributed by atoms with van der Waals surface area (Å²) in [5.74, 6) is 0. The highest BCUT2D eigenvalue weighted by Crippen LogP contribution is 2.38. The number of rotatable bonds is 7. The first kappa shape index (κ1) is 34.5. The minimum absolute atomic E-state index is 1.13. The van der Waals surface area contributed by atoms with E-state index >= 15 is 0 Å². The maximum absolute atomic E-state index is 2.35. The molecule has 0 N–H and O–H groups in total. The number of nitrogens with zero attached hydrogens (tertiary/aromatic N) is 1. The summed E-state index contributed by atoms with van der Waals surface area (Å²) in [6.45, 7) is 0. The molecule has 0 saturated heterocycles. The van der Waals surface area contributed by atoms with Gasteiger partial charge < -0.3 is 4.90 Å². The smallest absolute Gasteiger partial charge is 0.0462 e. The second kappa shape index (κ2) is 14.6. The number of fused-ring (bicyclic) bond motifs is 5. The predicted octanol–water partition coefficient (Wildman–Crippen LogP) is 16.4. The molecule has 1 heteroatoms. The molecular weight excluding hydrogens is 711 g/mol. The average molecular weight is 750 g/mol. The molecule has 0 spiro atoms. The molecule has 0 aliphatic rings. The van der Waals surface area contributed by atoms with Gasteiger partial charge in [0.2, 0.25) is 0 Å². The van der Waals surface area contributed by atoms with Crippen LogP contribution >= 0.6 is 0 Å². The van der Waals surface area contributed by atoms with Gasteiger partial charge in [-0.3, -0.25) is 0 Å². The van der Waals surface area contributed by atoms with Gasteiger partial charge >= 0.3 is 0 Å². The van der Waals surface area contributed by atoms with Crippen LogP contribution in [0.4, 0.5) is 17.1 Å². The first-order valence-corrected chi connectivity index (χ1v) is 20.3. The quantitative estimate of drug-likeness (QED) is 0.147. The van der Waals surface area contributed by atoms with Crippen molar-refractivity contribution in [3.05, 3.63) is 237 Å². The standard InChI is InChI=1S/C58H39N/c1-4-11-40(12-5-1)48-20-19-42-13-10-18-55(58(42)39-48)51-30-34-57-50(38-51)26-25-49-37-47(29-33-56(49)57)46-24-23-44-35-43(21-22-45(44)36-46)41-27-31-54(32-28-41)59(52-14-6-2-7-15-52)53-16-8-3-9-17-53/h1-39H. The fourth-order valence-electron chi connectivity index (χ4n) is 8.76. The van der Waals surface area contributed by atoms with Crippen molar-refractivity contribution < 1.29 is 0 Å². The van der Waals surface area contributed by atoms with Crippen molar-refractivity contribution in [1.82, 2.24) is 0 Å². The van der Waals surface area contributed by atoms with Crippen LogP contribution in [0.3, 0.4) is 0 Å². The van der Waals surface area contributed by atoms with E-state index in [-0.39, 0.29) is 0 Å². The highest BCUT2D eigenvalue weighted by molar-refractivity contribution is 6.10. The topological polar surface area (TPSA) is 3.24 Å². The van der Waals surface area contributed by atoms with Gasteiger partial charge in [-0.1, -0.05) is 170 Å². The van der Waals surface area contributed by atoms with Crippen molar-refractivity contribution in [2.24, 2.45) is 0 Å². The second-order valence-corrected chi connectivity index (χ2v) is 15.4. The third-order valence-electron chi connectivity index (χ3n) is 11.8. The number of hydrogen-bond acceptors (Lipinski definition) is 1. The Labute approximate surface area is 344 Å². The van der Waals surface area contributed by atoms with Gasteiger partial charge in [0.05, 0.1) is 0 Å². The van der Waals surface area contributed by atoms with Crippen LogP contribution in [0.2, 0.25) is 0 Å². The van der Waals surface area contributed by atoms with Crippen molar-refractivity contribution in [3.63, 3.8) is 0 Å². The monoisotopic (exact) mass is 749 g/mol. The van der Waals surface area contributed by atoms with Crippen molar-refractivity contribution in [1.29, 1.82) is 0 Å². The third kappa shape index (κ3) is 6.49. The van der Waals surface area contributed by atoms with Crippen molar-refractivity contribution in [2.75, 3.05) is 4.90 Å². The van der Waals surface area contributed by atoms with Crippen LogP contribution in [-0.4, -0.2) is 0 Å². The van der Waals surface area contributed by atoms with E-state index in [1.807, 2.05) is 0 Å². The van der Waals surface area contributed by atoms with Gasteiger partial charge in [0.1, 0.15) is 0 Å². The molecule has 0 heterocycles. The Morgan fingerprint density at radius 1 is 0.203 bits per heavy atom. The summed E-state index contributed by atoms with van der Waals surface area (Å²) < 4.78 is 0. The predicted molar refractivity (Wildman–Crippen MR) is 253 cm³/mol. The minimum atomic E-state index is 1.13. The molecule has 11 rings (SSSR count). The third-order valence-corrected chi connectivity index (χ3v) is 11.8. The largest absolute Gasteiger partial charge is 0.311 e. The summed E-state index contributed by atoms with van der Waals surface area (Å²) >= 11 is 0. The summed E-state index contributed by atoms with van der Waals surface area (Å²) in [6.07, 6.45) is 0. The van der Waals surface area contributed by atoms with E-state index in [2.05, 4.69) is 241 Å². The molecule has 276 valence electrons. The molecule has 0 bridgehead atoms. The number of benzene rings is 11. The van der Waals surface area contributed by atoms with Crippen LogP contribution in [0.1, 0.15) is 0 Å². The molecule has 0 amide bonds. The van der Waals surface area contributed by atoms with E-state index in [0.717, 1.165) is 17.1 Å². The molecule has 11 aromatic carbocycles. The van der Waals surface area contributed by atoms with E-state index in [0.29, 0.717) is 0 Å². The lowest BCUT2D eigenvalue weighted by Crippen LogP contribution is -2.09. The fourth-order valence-corrected chi connectivity index (χ4v) is 8.76. The molecule has 0 aromatic heterocycles. The van der Waals surface area contributed by atoms with Crippen LogP contribution in [0, 0.1) is 0 Å². The fraction of sp³-hybridized carbons (Fsp3) is 0. The molecular formula is C58H39N. The van der Waals surface area contributed by atoms with Crippen molar-refractivity contribution >= 4 is 60.2 Å². The maximum atomic E-state index is 2.35. The molecule has 0 fully saturated rings. The number of hydrogen-bond donors (Lipinski definition) is 0. The van der Waals surface area contributed by atoms with E-state index in [9.17, 15) is 0 Å². The van der Waals surface area contributed by atoms with Gasteiger partial charge in [0.25, 0.3) is 0 Å². The first-order chi connectivity index (χ1) is 29.2. The molecule has 11 aromatic rings. The summed E-state index contributed by atoms with van der Waals surface area (Å²) in [5, 5.41) is 10.0. The number of anilines is 3. The average Bonchev–Trinajstić information content (AvgIpc) is 3.31. The second-order valence-electron chi connectivity index (χ2n) is 15.4. The van der Waals surface area contributed by atoms with Gasteiger partial charge in [0, 0.05) is 17.1 Å². The lowest BCUT2D eigenvalue weighted by Gasteiger charge is -2.25. The summed E-state index contributed by atoms with van der Waals surface area (Å²) in [4.78, 5) is 2.30. The lowest BCUT2D eigenvalue weighted by atomic mass is 9.92. The zero-order chi connectivity index (χ0) is 39.1. The van der Waals surface area contributed by atoms with Crippen LogP contribution in [0.25, 0.3) is 87.6 Å². The lowest BCUT2D eigenvalue weighted by molar-refractivity contribution is 1.28. The van der Waals surface area contributed by atoms with Crippen molar-refractivity contribution in [2.45, 2.75) is 0 Å². The Hall–Kier alpha value is -7.74. The highest BCUT2D eigenvalue weighted by atomic mass is 15.1.